The van der Waals surface area contributed by atoms with E-state index >= 15 is 0 Å². The van der Waals surface area contributed by atoms with Crippen LogP contribution < -0.4 is 20.2 Å². The second kappa shape index (κ2) is 13.4. The van der Waals surface area contributed by atoms with Crippen LogP contribution in [0.2, 0.25) is 10.0 Å². The van der Waals surface area contributed by atoms with Crippen molar-refractivity contribution in [2.24, 2.45) is 0 Å². The van der Waals surface area contributed by atoms with Gasteiger partial charge in [0.05, 0.1) is 30.2 Å². The molecule has 1 unspecified atom stereocenters. The van der Waals surface area contributed by atoms with Gasteiger partial charge in [-0.15, -0.1) is 0 Å². The lowest BCUT2D eigenvalue weighted by atomic mass is 10.1. The molecule has 2 atom stereocenters. The van der Waals surface area contributed by atoms with Gasteiger partial charge in [0.15, 0.2) is 0 Å². The largest absolute Gasteiger partial charge is 0.491 e. The molecule has 0 aliphatic carbocycles. The standard InChI is InChI=1S/C34H35Cl2N7O4/c1-2-43-33(44)42(24-38-43)28-6-4-26(5-7-28)40-15-17-41(18-16-40)27-8-10-29(11-9-27)45-20-30-21-46-34(47-30,22-39-14-13-37-23-39)31-12-3-25(35)19-32(31)36/h3-14,19,23-24,30H,2,15-18,20-22H2,1H3/t30-,34?/m1/s1. The molecule has 3 aromatic carbocycles. The molecule has 0 bridgehead atoms. The minimum absolute atomic E-state index is 0.130. The molecule has 0 saturated carbocycles. The molecule has 4 heterocycles. The molecular formula is C34H35Cl2N7O4. The van der Waals surface area contributed by atoms with Crippen LogP contribution in [0.1, 0.15) is 12.5 Å². The first-order valence-electron chi connectivity index (χ1n) is 15.6. The molecule has 0 N–H and O–H groups in total. The number of hydrogen-bond donors (Lipinski definition) is 0. The Kier molecular flexibility index (Phi) is 8.96. The molecule has 0 radical (unpaired) electrons. The molecule has 2 aliphatic heterocycles. The Morgan fingerprint density at radius 2 is 1.60 bits per heavy atom. The highest BCUT2D eigenvalue weighted by atomic mass is 35.5. The zero-order valence-corrected chi connectivity index (χ0v) is 27.4. The van der Waals surface area contributed by atoms with E-state index in [4.69, 9.17) is 37.4 Å². The highest BCUT2D eigenvalue weighted by Gasteiger charge is 2.45. The third-order valence-corrected chi connectivity index (χ3v) is 9.14. The molecule has 0 amide bonds. The summed E-state index contributed by atoms with van der Waals surface area (Å²) in [6.45, 7) is 7.07. The number of anilines is 2. The van der Waals surface area contributed by atoms with Gasteiger partial charge in [0.25, 0.3) is 0 Å². The van der Waals surface area contributed by atoms with Crippen molar-refractivity contribution in [2.75, 3.05) is 49.2 Å². The number of piperazine rings is 1. The maximum absolute atomic E-state index is 12.4. The van der Waals surface area contributed by atoms with Crippen LogP contribution in [0.4, 0.5) is 11.4 Å². The van der Waals surface area contributed by atoms with Crippen molar-refractivity contribution in [1.82, 2.24) is 23.9 Å². The number of rotatable bonds is 10. The highest BCUT2D eigenvalue weighted by Crippen LogP contribution is 2.40. The second-order valence-corrected chi connectivity index (χ2v) is 12.4. The summed E-state index contributed by atoms with van der Waals surface area (Å²) in [5.74, 6) is -0.334. The third-order valence-electron chi connectivity index (χ3n) is 8.59. The average Bonchev–Trinajstić information content (AvgIpc) is 3.85. The van der Waals surface area contributed by atoms with Crippen LogP contribution in [0, 0.1) is 0 Å². The number of aromatic nitrogens is 5. The van der Waals surface area contributed by atoms with E-state index < -0.39 is 5.79 Å². The minimum Gasteiger partial charge on any atom is -0.491 e. The van der Waals surface area contributed by atoms with Crippen LogP contribution in [0.25, 0.3) is 5.69 Å². The van der Waals surface area contributed by atoms with E-state index in [9.17, 15) is 4.79 Å². The third kappa shape index (κ3) is 6.62. The Morgan fingerprint density at radius 1 is 0.915 bits per heavy atom. The van der Waals surface area contributed by atoms with Crippen molar-refractivity contribution in [2.45, 2.75) is 31.9 Å². The van der Waals surface area contributed by atoms with E-state index in [1.807, 2.05) is 48.0 Å². The van der Waals surface area contributed by atoms with Gasteiger partial charge in [-0.1, -0.05) is 29.3 Å². The fourth-order valence-corrected chi connectivity index (χ4v) is 6.65. The topological polar surface area (TPSA) is 91.8 Å². The normalized spacial score (nSPS) is 19.8. The SMILES string of the molecule is CCn1ncn(-c2ccc(N3CCN(c4ccc(OC[C@@H]5COC(Cn6ccnc6)(c6ccc(Cl)cc6Cl)O5)cc4)CC3)cc2)c1=O. The predicted molar refractivity (Wildman–Crippen MR) is 181 cm³/mol. The highest BCUT2D eigenvalue weighted by molar-refractivity contribution is 6.35. The molecule has 13 heteroatoms. The number of nitrogens with zero attached hydrogens (tertiary/aromatic N) is 7. The van der Waals surface area contributed by atoms with Crippen LogP contribution in [0.3, 0.4) is 0 Å². The van der Waals surface area contributed by atoms with Gasteiger partial charge in [-0.25, -0.2) is 19.0 Å². The summed E-state index contributed by atoms with van der Waals surface area (Å²) in [6, 6.07) is 21.6. The van der Waals surface area contributed by atoms with Gasteiger partial charge in [-0.3, -0.25) is 0 Å². The first-order chi connectivity index (χ1) is 22.9. The van der Waals surface area contributed by atoms with E-state index in [2.05, 4.69) is 44.1 Å². The van der Waals surface area contributed by atoms with Gasteiger partial charge in [0, 0.05) is 67.1 Å². The molecule has 2 aromatic heterocycles. The number of benzene rings is 3. The molecule has 11 nitrogen and oxygen atoms in total. The zero-order valence-electron chi connectivity index (χ0n) is 25.9. The quantitative estimate of drug-likeness (QED) is 0.199. The predicted octanol–water partition coefficient (Wildman–Crippen LogP) is 5.23. The lowest BCUT2D eigenvalue weighted by molar-refractivity contribution is -0.189. The van der Waals surface area contributed by atoms with Crippen molar-refractivity contribution in [3.8, 4) is 11.4 Å². The molecule has 2 saturated heterocycles. The van der Waals surface area contributed by atoms with Gasteiger partial charge in [-0.05, 0) is 67.6 Å². The number of imidazole rings is 1. The Hall–Kier alpha value is -4.29. The maximum atomic E-state index is 12.4. The lowest BCUT2D eigenvalue weighted by Crippen LogP contribution is -2.46. The van der Waals surface area contributed by atoms with Crippen LogP contribution >= 0.6 is 23.2 Å². The van der Waals surface area contributed by atoms with Crippen LogP contribution in [0.15, 0.2) is 96.6 Å². The number of ether oxygens (including phenoxy) is 3. The van der Waals surface area contributed by atoms with Gasteiger partial charge >= 0.3 is 5.69 Å². The first kappa shape index (κ1) is 31.3. The van der Waals surface area contributed by atoms with Gasteiger partial charge in [0.2, 0.25) is 5.79 Å². The van der Waals surface area contributed by atoms with Gasteiger partial charge in [-0.2, -0.15) is 5.10 Å². The minimum atomic E-state index is -1.09. The van der Waals surface area contributed by atoms with Crippen molar-refractivity contribution >= 4 is 34.6 Å². The molecular weight excluding hydrogens is 641 g/mol. The lowest BCUT2D eigenvalue weighted by Gasteiger charge is -2.37. The molecule has 2 fully saturated rings. The fraction of sp³-hybridized carbons (Fsp3) is 0.324. The summed E-state index contributed by atoms with van der Waals surface area (Å²) in [5.41, 5.74) is 3.68. The summed E-state index contributed by atoms with van der Waals surface area (Å²) in [5, 5.41) is 5.17. The molecule has 0 spiro atoms. The van der Waals surface area contributed by atoms with Crippen molar-refractivity contribution < 1.29 is 14.2 Å². The van der Waals surface area contributed by atoms with E-state index in [-0.39, 0.29) is 11.8 Å². The second-order valence-electron chi connectivity index (χ2n) is 11.6. The Balaban J connectivity index is 0.931. The number of aryl methyl sites for hydroxylation is 1. The molecule has 244 valence electrons. The Labute approximate surface area is 282 Å². The van der Waals surface area contributed by atoms with Crippen molar-refractivity contribution in [3.63, 3.8) is 0 Å². The molecule has 5 aromatic rings. The van der Waals surface area contributed by atoms with Crippen molar-refractivity contribution in [1.29, 1.82) is 0 Å². The Morgan fingerprint density at radius 3 is 2.21 bits per heavy atom. The van der Waals surface area contributed by atoms with E-state index in [1.165, 1.54) is 4.68 Å². The van der Waals surface area contributed by atoms with Gasteiger partial charge < -0.3 is 28.6 Å². The summed E-state index contributed by atoms with van der Waals surface area (Å²) < 4.78 is 23.9. The Bertz CT molecular complexity index is 1850. The summed E-state index contributed by atoms with van der Waals surface area (Å²) in [4.78, 5) is 21.3. The smallest absolute Gasteiger partial charge is 0.350 e. The zero-order chi connectivity index (χ0) is 32.4. The maximum Gasteiger partial charge on any atom is 0.350 e. The fourth-order valence-electron chi connectivity index (χ4n) is 6.10. The van der Waals surface area contributed by atoms with Gasteiger partial charge in [0.1, 0.15) is 24.8 Å². The number of halogens is 2. The molecule has 47 heavy (non-hydrogen) atoms. The van der Waals surface area contributed by atoms with Crippen LogP contribution in [0.5, 0.6) is 5.75 Å². The average molecular weight is 677 g/mol. The van der Waals surface area contributed by atoms with Crippen LogP contribution in [-0.4, -0.2) is 69.4 Å². The monoisotopic (exact) mass is 675 g/mol. The van der Waals surface area contributed by atoms with E-state index in [0.29, 0.717) is 41.9 Å². The number of hydrogen-bond acceptors (Lipinski definition) is 8. The van der Waals surface area contributed by atoms with Crippen LogP contribution in [-0.2, 0) is 28.4 Å². The summed E-state index contributed by atoms with van der Waals surface area (Å²) in [6.07, 6.45) is 6.56. The first-order valence-corrected chi connectivity index (χ1v) is 16.4. The van der Waals surface area contributed by atoms with E-state index in [1.54, 1.807) is 35.6 Å². The summed E-state index contributed by atoms with van der Waals surface area (Å²) in [7, 11) is 0. The molecule has 7 rings (SSSR count). The summed E-state index contributed by atoms with van der Waals surface area (Å²) >= 11 is 12.8. The van der Waals surface area contributed by atoms with Crippen molar-refractivity contribution in [3.05, 3.63) is 118 Å². The molecule has 2 aliphatic rings. The van der Waals surface area contributed by atoms with E-state index in [0.717, 1.165) is 49.0 Å².